The van der Waals surface area contributed by atoms with Crippen LogP contribution in [0.5, 0.6) is 0 Å². The van der Waals surface area contributed by atoms with E-state index in [1.54, 1.807) is 6.21 Å². The molecule has 0 aliphatic heterocycles. The van der Waals surface area contributed by atoms with Crippen molar-refractivity contribution in [3.05, 3.63) is 58.8 Å². The van der Waals surface area contributed by atoms with Crippen LogP contribution in [0, 0.1) is 5.21 Å². The molecule has 0 N–H and O–H groups in total. The maximum atomic E-state index is 11.9. The molecule has 0 amide bonds. The van der Waals surface area contributed by atoms with Crippen LogP contribution in [0.1, 0.15) is 33.3 Å². The zero-order valence-corrected chi connectivity index (χ0v) is 12.6. The first-order valence-electron chi connectivity index (χ1n) is 6.85. The van der Waals surface area contributed by atoms with E-state index >= 15 is 0 Å². The highest BCUT2D eigenvalue weighted by Gasteiger charge is 2.17. The Morgan fingerprint density at radius 1 is 1.05 bits per heavy atom. The molecule has 2 rings (SSSR count). The quantitative estimate of drug-likeness (QED) is 0.337. The van der Waals surface area contributed by atoms with Gasteiger partial charge < -0.3 is 5.21 Å². The molecular formula is C18H21NO. The molecule has 2 nitrogen and oxygen atoms in total. The van der Waals surface area contributed by atoms with Crippen molar-refractivity contribution in [1.82, 2.24) is 0 Å². The van der Waals surface area contributed by atoms with Crippen LogP contribution in [-0.2, 0) is 0 Å². The molecule has 0 heterocycles. The maximum absolute atomic E-state index is 11.9. The summed E-state index contributed by atoms with van der Waals surface area (Å²) in [6.07, 6.45) is 3.71. The lowest BCUT2D eigenvalue weighted by molar-refractivity contribution is -0.530. The molecule has 0 atom stereocenters. The molecule has 20 heavy (non-hydrogen) atoms. The van der Waals surface area contributed by atoms with Gasteiger partial charge in [-0.1, -0.05) is 42.5 Å². The topological polar surface area (TPSA) is 26.1 Å². The average molecular weight is 267 g/mol. The van der Waals surface area contributed by atoms with E-state index in [-0.39, 0.29) is 0 Å². The lowest BCUT2D eigenvalue weighted by Gasteiger charge is -2.18. The second kappa shape index (κ2) is 5.49. The van der Waals surface area contributed by atoms with Gasteiger partial charge in [-0.2, -0.15) is 0 Å². The van der Waals surface area contributed by atoms with Crippen LogP contribution >= 0.6 is 0 Å². The summed E-state index contributed by atoms with van der Waals surface area (Å²) in [5, 5.41) is 14.4. The first kappa shape index (κ1) is 14.3. The van der Waals surface area contributed by atoms with Crippen LogP contribution in [0.4, 0.5) is 0 Å². The number of allylic oxidation sites excluding steroid dienone is 1. The van der Waals surface area contributed by atoms with E-state index in [1.165, 1.54) is 10.8 Å². The van der Waals surface area contributed by atoms with Gasteiger partial charge in [0, 0.05) is 26.3 Å². The lowest BCUT2D eigenvalue weighted by Crippen LogP contribution is -2.29. The van der Waals surface area contributed by atoms with Crippen LogP contribution in [0.15, 0.2) is 48.0 Å². The van der Waals surface area contributed by atoms with Crippen molar-refractivity contribution in [3.63, 3.8) is 0 Å². The van der Waals surface area contributed by atoms with Crippen LogP contribution in [0.3, 0.4) is 0 Å². The summed E-state index contributed by atoms with van der Waals surface area (Å²) < 4.78 is 1.00. The first-order valence-corrected chi connectivity index (χ1v) is 6.85. The molecule has 0 aliphatic carbocycles. The molecule has 104 valence electrons. The Morgan fingerprint density at radius 2 is 1.70 bits per heavy atom. The monoisotopic (exact) mass is 267 g/mol. The largest absolute Gasteiger partial charge is 0.623 e. The van der Waals surface area contributed by atoms with Gasteiger partial charge >= 0.3 is 0 Å². The molecule has 0 bridgehead atoms. The summed E-state index contributed by atoms with van der Waals surface area (Å²) in [7, 11) is 0. The number of hydrogen-bond donors (Lipinski definition) is 0. The summed E-state index contributed by atoms with van der Waals surface area (Å²) in [5.74, 6) is 0. The fraction of sp³-hybridized carbons (Fsp3) is 0.278. The van der Waals surface area contributed by atoms with Gasteiger partial charge in [-0.25, -0.2) is 4.74 Å². The Kier molecular flexibility index (Phi) is 3.93. The highest BCUT2D eigenvalue weighted by atomic mass is 16.5. The summed E-state index contributed by atoms with van der Waals surface area (Å²) in [5.41, 5.74) is 1.68. The molecule has 0 spiro atoms. The van der Waals surface area contributed by atoms with Crippen LogP contribution in [-0.4, -0.2) is 16.5 Å². The molecule has 2 aromatic rings. The third kappa shape index (κ3) is 3.27. The lowest BCUT2D eigenvalue weighted by atomic mass is 10.0. The molecule has 0 aliphatic rings. The van der Waals surface area contributed by atoms with Crippen molar-refractivity contribution in [2.24, 2.45) is 0 Å². The number of nitrogens with zero attached hydrogens (tertiary/aromatic N) is 1. The van der Waals surface area contributed by atoms with Gasteiger partial charge in [-0.3, -0.25) is 0 Å². The van der Waals surface area contributed by atoms with Crippen molar-refractivity contribution < 1.29 is 4.74 Å². The van der Waals surface area contributed by atoms with E-state index in [9.17, 15) is 5.21 Å². The fourth-order valence-corrected chi connectivity index (χ4v) is 2.04. The molecule has 0 saturated carbocycles. The van der Waals surface area contributed by atoms with Gasteiger partial charge in [0.1, 0.15) is 0 Å². The molecule has 0 aromatic heterocycles. The molecule has 0 saturated heterocycles. The minimum Gasteiger partial charge on any atom is -0.623 e. The smallest absolute Gasteiger partial charge is 0.177 e. The summed E-state index contributed by atoms with van der Waals surface area (Å²) >= 11 is 0. The highest BCUT2D eigenvalue weighted by molar-refractivity contribution is 5.93. The Hall–Kier alpha value is -2.09. The first-order chi connectivity index (χ1) is 9.38. The number of hydrogen-bond acceptors (Lipinski definition) is 1. The summed E-state index contributed by atoms with van der Waals surface area (Å²) in [6.45, 7) is 7.67. The Bertz CT molecular complexity index is 670. The number of benzene rings is 2. The van der Waals surface area contributed by atoms with Gasteiger partial charge in [0.2, 0.25) is 0 Å². The van der Waals surface area contributed by atoms with Crippen LogP contribution < -0.4 is 0 Å². The zero-order valence-electron chi connectivity index (χ0n) is 12.6. The van der Waals surface area contributed by atoms with E-state index < -0.39 is 5.54 Å². The molecule has 2 heteroatoms. The summed E-state index contributed by atoms with van der Waals surface area (Å²) in [4.78, 5) is 0. The van der Waals surface area contributed by atoms with Gasteiger partial charge in [0.05, 0.1) is 0 Å². The molecule has 0 fully saturated rings. The van der Waals surface area contributed by atoms with Crippen LogP contribution in [0.2, 0.25) is 0 Å². The molecular weight excluding hydrogens is 246 g/mol. The Labute approximate surface area is 120 Å². The third-order valence-electron chi connectivity index (χ3n) is 3.19. The van der Waals surface area contributed by atoms with Crippen molar-refractivity contribution in [1.29, 1.82) is 0 Å². The van der Waals surface area contributed by atoms with Crippen molar-refractivity contribution >= 4 is 23.1 Å². The average Bonchev–Trinajstić information content (AvgIpc) is 2.38. The predicted molar refractivity (Wildman–Crippen MR) is 87.0 cm³/mol. The number of hydroxylamine groups is 1. The minimum absolute atomic E-state index is 0.409. The van der Waals surface area contributed by atoms with Gasteiger partial charge in [-0.05, 0) is 29.3 Å². The van der Waals surface area contributed by atoms with Gasteiger partial charge in [0.25, 0.3) is 0 Å². The zero-order chi connectivity index (χ0) is 14.8. The fourth-order valence-electron chi connectivity index (χ4n) is 2.04. The van der Waals surface area contributed by atoms with E-state index in [2.05, 4.69) is 30.3 Å². The van der Waals surface area contributed by atoms with E-state index in [1.807, 2.05) is 45.9 Å². The number of fused-ring (bicyclic) bond motifs is 1. The normalized spacial score (nSPS) is 13.8. The molecule has 0 radical (unpaired) electrons. The summed E-state index contributed by atoms with van der Waals surface area (Å²) in [6, 6.07) is 14.5. The van der Waals surface area contributed by atoms with Crippen molar-refractivity contribution in [2.45, 2.75) is 33.2 Å². The minimum atomic E-state index is -0.409. The second-order valence-corrected chi connectivity index (χ2v) is 6.08. The third-order valence-corrected chi connectivity index (χ3v) is 3.19. The van der Waals surface area contributed by atoms with E-state index in [0.29, 0.717) is 0 Å². The number of rotatable bonds is 2. The molecule has 2 aromatic carbocycles. The van der Waals surface area contributed by atoms with Crippen LogP contribution in [0.25, 0.3) is 16.8 Å². The highest BCUT2D eigenvalue weighted by Crippen LogP contribution is 2.20. The predicted octanol–water partition coefficient (Wildman–Crippen LogP) is 4.62. The standard InChI is InChI=1S/C18H21NO/c1-14(13-19(20)18(2,3)4)12-16-10-7-9-15-8-5-6-11-17(15)16/h5-13H,1-4H3/b14-12+,19-13-. The molecule has 0 unspecified atom stereocenters. The second-order valence-electron chi connectivity index (χ2n) is 6.08. The van der Waals surface area contributed by atoms with E-state index in [0.717, 1.165) is 15.9 Å². The van der Waals surface area contributed by atoms with E-state index in [4.69, 9.17) is 0 Å². The maximum Gasteiger partial charge on any atom is 0.177 e. The van der Waals surface area contributed by atoms with Crippen molar-refractivity contribution in [3.8, 4) is 0 Å². The van der Waals surface area contributed by atoms with Gasteiger partial charge in [-0.15, -0.1) is 0 Å². The SMILES string of the molecule is CC(/C=[N+](\[O-])C(C)(C)C)=C\c1cccc2ccccc12. The van der Waals surface area contributed by atoms with Gasteiger partial charge in [0.15, 0.2) is 11.8 Å². The van der Waals surface area contributed by atoms with Crippen molar-refractivity contribution in [2.75, 3.05) is 0 Å². The Balaban J connectivity index is 2.43. The Morgan fingerprint density at radius 3 is 2.40 bits per heavy atom.